The van der Waals surface area contributed by atoms with Crippen LogP contribution >= 0.6 is 0 Å². The van der Waals surface area contributed by atoms with E-state index >= 15 is 0 Å². The molecule has 0 aromatic heterocycles. The quantitative estimate of drug-likeness (QED) is 0.398. The van der Waals surface area contributed by atoms with Crippen LogP contribution < -0.4 is 17.2 Å². The second-order valence-corrected chi connectivity index (χ2v) is 3.17. The van der Waals surface area contributed by atoms with Gasteiger partial charge in [-0.25, -0.2) is 0 Å². The molecular formula is C13H31N3O. The highest BCUT2D eigenvalue weighted by Gasteiger charge is 2.04. The highest BCUT2D eigenvalue weighted by Crippen LogP contribution is 2.24. The topological polar surface area (TPSA) is 95.1 Å². The molecule has 0 saturated heterocycles. The molecule has 1 saturated carbocycles. The molecule has 4 heteroatoms. The molecule has 104 valence electrons. The Balaban J connectivity index is -0.000000285. The van der Waals surface area contributed by atoms with Crippen molar-refractivity contribution in [1.82, 2.24) is 0 Å². The van der Waals surface area contributed by atoms with Gasteiger partial charge >= 0.3 is 0 Å². The van der Waals surface area contributed by atoms with Crippen LogP contribution in [0.2, 0.25) is 0 Å². The summed E-state index contributed by atoms with van der Waals surface area (Å²) in [6.45, 7) is 0. The molecule has 0 bridgehead atoms. The van der Waals surface area contributed by atoms with E-state index in [0.717, 1.165) is 25.5 Å². The lowest BCUT2D eigenvalue weighted by Gasteiger charge is -1.93. The number of aldehydes is 1. The lowest BCUT2D eigenvalue weighted by Crippen LogP contribution is -1.76. The fourth-order valence-corrected chi connectivity index (χ4v) is 1.54. The molecule has 0 unspecified atom stereocenters. The highest BCUT2D eigenvalue weighted by atomic mass is 16.1. The van der Waals surface area contributed by atoms with Gasteiger partial charge in [-0.05, 0) is 59.7 Å². The lowest BCUT2D eigenvalue weighted by molar-refractivity contribution is -0.107. The first-order valence-corrected chi connectivity index (χ1v) is 6.28. The predicted molar refractivity (Wildman–Crippen MR) is 76.8 cm³/mol. The Kier molecular flexibility index (Phi) is 31.1. The predicted octanol–water partition coefficient (Wildman–Crippen LogP) is 1.58. The summed E-state index contributed by atoms with van der Waals surface area (Å²) in [7, 11) is 4.50. The van der Waals surface area contributed by atoms with Crippen molar-refractivity contribution < 1.29 is 4.79 Å². The average molecular weight is 245 g/mol. The van der Waals surface area contributed by atoms with Crippen LogP contribution in [0.4, 0.5) is 0 Å². The van der Waals surface area contributed by atoms with Crippen LogP contribution in [0.3, 0.4) is 0 Å². The van der Waals surface area contributed by atoms with Crippen LogP contribution in [0.5, 0.6) is 0 Å². The van der Waals surface area contributed by atoms with Crippen molar-refractivity contribution in [3.8, 4) is 0 Å². The van der Waals surface area contributed by atoms with E-state index in [1.54, 1.807) is 5.57 Å². The van der Waals surface area contributed by atoms with Gasteiger partial charge in [-0.15, -0.1) is 0 Å². The monoisotopic (exact) mass is 245 g/mol. The van der Waals surface area contributed by atoms with Crippen LogP contribution in [0, 0.1) is 0 Å². The number of hydrogen-bond acceptors (Lipinski definition) is 4. The molecule has 4 nitrogen and oxygen atoms in total. The molecule has 0 aromatic carbocycles. The van der Waals surface area contributed by atoms with Gasteiger partial charge in [-0.3, -0.25) is 0 Å². The summed E-state index contributed by atoms with van der Waals surface area (Å²) in [6, 6.07) is 0. The summed E-state index contributed by atoms with van der Waals surface area (Å²) in [5, 5.41) is 0. The largest absolute Gasteiger partial charge is 0.333 e. The van der Waals surface area contributed by atoms with Crippen molar-refractivity contribution in [1.29, 1.82) is 0 Å². The first kappa shape index (κ1) is 21.6. The molecule has 0 spiro atoms. The first-order valence-electron chi connectivity index (χ1n) is 6.28. The van der Waals surface area contributed by atoms with E-state index < -0.39 is 0 Å². The van der Waals surface area contributed by atoms with E-state index in [1.165, 1.54) is 46.8 Å². The van der Waals surface area contributed by atoms with Gasteiger partial charge in [-0.2, -0.15) is 0 Å². The second kappa shape index (κ2) is 24.5. The maximum absolute atomic E-state index is 9.98. The molecule has 0 amide bonds. The average Bonchev–Trinajstić information content (AvgIpc) is 2.95. The molecule has 0 aliphatic heterocycles. The highest BCUT2D eigenvalue weighted by molar-refractivity contribution is 5.49. The number of nitrogens with two attached hydrogens (primary N) is 3. The van der Waals surface area contributed by atoms with Crippen LogP contribution in [0.25, 0.3) is 0 Å². The lowest BCUT2D eigenvalue weighted by atomic mass is 10.1. The number of carbonyl (C=O) groups excluding carboxylic acids is 1. The number of hydrogen-bond donors (Lipinski definition) is 3. The van der Waals surface area contributed by atoms with E-state index in [9.17, 15) is 4.79 Å². The first-order chi connectivity index (χ1) is 8.43. The van der Waals surface area contributed by atoms with Crippen LogP contribution in [-0.4, -0.2) is 27.4 Å². The van der Waals surface area contributed by atoms with Crippen molar-refractivity contribution in [2.24, 2.45) is 17.2 Å². The Hall–Kier alpha value is -0.710. The zero-order chi connectivity index (χ0) is 13.9. The van der Waals surface area contributed by atoms with E-state index in [1.807, 2.05) is 0 Å². The smallest absolute Gasteiger partial charge is 0.120 e. The summed E-state index contributed by atoms with van der Waals surface area (Å²) < 4.78 is 0. The Morgan fingerprint density at radius 1 is 0.941 bits per heavy atom. The third kappa shape index (κ3) is 17.9. The molecule has 1 aliphatic carbocycles. The Bertz CT molecular complexity index is 151. The molecule has 0 heterocycles. The van der Waals surface area contributed by atoms with Gasteiger partial charge in [0.2, 0.25) is 0 Å². The molecule has 1 rings (SSSR count). The zero-order valence-corrected chi connectivity index (χ0v) is 11.7. The number of allylic oxidation sites excluding steroid dienone is 2. The van der Waals surface area contributed by atoms with E-state index in [-0.39, 0.29) is 0 Å². The minimum Gasteiger partial charge on any atom is -0.333 e. The van der Waals surface area contributed by atoms with Crippen LogP contribution in [0.1, 0.15) is 44.9 Å². The van der Waals surface area contributed by atoms with Gasteiger partial charge in [0, 0.05) is 6.42 Å². The van der Waals surface area contributed by atoms with E-state index in [2.05, 4.69) is 23.3 Å². The number of carbonyl (C=O) groups is 1. The van der Waals surface area contributed by atoms with Gasteiger partial charge in [0.05, 0.1) is 0 Å². The molecule has 17 heavy (non-hydrogen) atoms. The minimum absolute atomic E-state index is 0.726. The Morgan fingerprint density at radius 3 is 1.82 bits per heavy atom. The molecule has 0 radical (unpaired) electrons. The van der Waals surface area contributed by atoms with Crippen LogP contribution in [0.15, 0.2) is 11.6 Å². The summed E-state index contributed by atoms with van der Waals surface area (Å²) in [6.07, 6.45) is 11.6. The van der Waals surface area contributed by atoms with Crippen LogP contribution in [-0.2, 0) is 4.79 Å². The van der Waals surface area contributed by atoms with E-state index in [0.29, 0.717) is 0 Å². The maximum Gasteiger partial charge on any atom is 0.120 e. The molecule has 0 atom stereocenters. The van der Waals surface area contributed by atoms with Crippen molar-refractivity contribution in [3.63, 3.8) is 0 Å². The Labute approximate surface area is 107 Å². The van der Waals surface area contributed by atoms with E-state index in [4.69, 9.17) is 0 Å². The van der Waals surface area contributed by atoms with Crippen molar-refractivity contribution >= 4 is 6.29 Å². The SMILES string of the molecule is CN.CN.CN.O=CCCCC=C1CCCC1. The summed E-state index contributed by atoms with van der Waals surface area (Å²) in [4.78, 5) is 9.98. The fraction of sp³-hybridized carbons (Fsp3) is 0.769. The molecule has 1 aliphatic rings. The van der Waals surface area contributed by atoms with Gasteiger partial charge in [-0.1, -0.05) is 11.6 Å². The number of unbranched alkanes of at least 4 members (excludes halogenated alkanes) is 2. The normalized spacial score (nSPS) is 12.0. The van der Waals surface area contributed by atoms with Crippen molar-refractivity contribution in [3.05, 3.63) is 11.6 Å². The van der Waals surface area contributed by atoms with Gasteiger partial charge in [0.25, 0.3) is 0 Å². The standard InChI is InChI=1S/C10H16O.3CH5N/c11-9-5-1-2-6-10-7-3-4-8-10;3*1-2/h6,9H,1-5,7-8H2;3*2H2,1H3. The summed E-state index contributed by atoms with van der Waals surface area (Å²) in [5.41, 5.74) is 15.1. The third-order valence-corrected chi connectivity index (χ3v) is 2.20. The van der Waals surface area contributed by atoms with Crippen molar-refractivity contribution in [2.75, 3.05) is 21.1 Å². The minimum atomic E-state index is 0.726. The zero-order valence-electron chi connectivity index (χ0n) is 11.7. The maximum atomic E-state index is 9.98. The third-order valence-electron chi connectivity index (χ3n) is 2.20. The molecule has 0 aromatic rings. The Morgan fingerprint density at radius 2 is 1.41 bits per heavy atom. The summed E-state index contributed by atoms with van der Waals surface area (Å²) in [5.74, 6) is 0. The second-order valence-electron chi connectivity index (χ2n) is 3.17. The molecule has 1 fully saturated rings. The van der Waals surface area contributed by atoms with Gasteiger partial charge in [0.1, 0.15) is 6.29 Å². The summed E-state index contributed by atoms with van der Waals surface area (Å²) >= 11 is 0. The fourth-order valence-electron chi connectivity index (χ4n) is 1.54. The molecular weight excluding hydrogens is 214 g/mol. The van der Waals surface area contributed by atoms with Gasteiger partial charge < -0.3 is 22.0 Å². The molecule has 6 N–H and O–H groups in total. The number of rotatable bonds is 4. The van der Waals surface area contributed by atoms with Gasteiger partial charge in [0.15, 0.2) is 0 Å². The van der Waals surface area contributed by atoms with Crippen molar-refractivity contribution in [2.45, 2.75) is 44.9 Å².